The second kappa shape index (κ2) is 36.0. The highest BCUT2D eigenvalue weighted by atomic mass is 35.5. The molecule has 468 valence electrons. The second-order valence-electron chi connectivity index (χ2n) is 22.4. The summed E-state index contributed by atoms with van der Waals surface area (Å²) in [6, 6.07) is 23.3. The Hall–Kier alpha value is -5.48. The standard InChI is InChI=1S/C30H40N2O6S.C25H32N2O3S.C5H9ClO3.C2H2Cl2O2/c1-20(2)38-30(35)37-19-36-29(34)27-25(18-26(39-27)22-8-6-5-7-9-22)32(24-14-16-31(4)17-15-24)28(33)23-12-10-21(3)11-13-23;1-17-8-10-19(11-9-17)24(28)27(20-12-14-26(2)15-13-20)21-16-22(31-23(21)25(29)30)18-6-4-3-5-7-18;1-4(2)9-5(7)8-3-6;3-1-6-2(4)5/h5-9,18,20-21,23-24H,10-17,19H2,1-4H3;3-7,16-17,19-20H,8-15H2,1-2H3,(H,29,30);4H,3H2,1-2H3;1H2. The minimum absolute atomic E-state index is 0.00224. The first-order valence-electron chi connectivity index (χ1n) is 29.0. The smallest absolute Gasteiger partial charge is 0.477 e. The number of amides is 2. The number of nitrogens with zero attached hydrogens (tertiary/aromatic N) is 4. The van der Waals surface area contributed by atoms with E-state index in [1.54, 1.807) is 27.7 Å². The first kappa shape index (κ1) is 70.3. The van der Waals surface area contributed by atoms with Crippen molar-refractivity contribution in [2.75, 3.05) is 69.0 Å². The van der Waals surface area contributed by atoms with Crippen LogP contribution < -0.4 is 9.80 Å². The van der Waals surface area contributed by atoms with Gasteiger partial charge in [0.2, 0.25) is 18.6 Å². The van der Waals surface area contributed by atoms with E-state index in [-0.39, 0.29) is 65.0 Å². The molecule has 18 nitrogen and oxygen atoms in total. The van der Waals surface area contributed by atoms with E-state index in [9.17, 15) is 38.7 Å². The summed E-state index contributed by atoms with van der Waals surface area (Å²) in [7, 11) is 4.20. The van der Waals surface area contributed by atoms with Crippen LogP contribution in [0.1, 0.15) is 138 Å². The molecule has 2 saturated carbocycles. The maximum Gasteiger partial charge on any atom is 0.511 e. The molecule has 2 aliphatic carbocycles. The summed E-state index contributed by atoms with van der Waals surface area (Å²) in [5, 5.41) is 10.0. The number of alkyl halides is 2. The molecule has 0 unspecified atom stereocenters. The third-order valence-corrected chi connectivity index (χ3v) is 17.8. The summed E-state index contributed by atoms with van der Waals surface area (Å²) >= 11 is 17.1. The van der Waals surface area contributed by atoms with Gasteiger partial charge in [0.25, 0.3) is 0 Å². The van der Waals surface area contributed by atoms with Gasteiger partial charge in [-0.3, -0.25) is 9.59 Å². The van der Waals surface area contributed by atoms with Gasteiger partial charge in [-0.1, -0.05) is 97.7 Å². The Kier molecular flexibility index (Phi) is 29.7. The zero-order valence-corrected chi connectivity index (χ0v) is 53.9. The molecule has 0 atom stereocenters. The van der Waals surface area contributed by atoms with Crippen molar-refractivity contribution in [3.63, 3.8) is 0 Å². The molecule has 2 aromatic heterocycles. The average Bonchev–Trinajstić information content (AvgIpc) is 2.21. The molecule has 4 fully saturated rings. The predicted octanol–water partition coefficient (Wildman–Crippen LogP) is 15.0. The van der Waals surface area contributed by atoms with Gasteiger partial charge in [0.05, 0.1) is 23.6 Å². The molecule has 1 N–H and O–H groups in total. The van der Waals surface area contributed by atoms with Crippen LogP contribution in [0.3, 0.4) is 0 Å². The van der Waals surface area contributed by atoms with E-state index in [1.807, 2.05) is 82.6 Å². The van der Waals surface area contributed by atoms with Crippen LogP contribution in [0.25, 0.3) is 20.9 Å². The SMILES string of the molecule is CC(C)OC(=O)OCCl.CC1CCC(C(=O)N(c2cc(-c3ccccc3)sc2C(=O)O)C2CCN(C)CC2)CC1.CC1CCC(C(=O)N(c2cc(-c3ccccc3)sc2C(=O)OCOC(=O)OC(C)C)C2CCN(C)CC2)CC1.O=C(Cl)OCCl. The topological polar surface area (TPSA) is 208 Å². The van der Waals surface area contributed by atoms with Crippen molar-refractivity contribution in [2.24, 2.45) is 23.7 Å². The second-order valence-corrected chi connectivity index (χ2v) is 25.2. The van der Waals surface area contributed by atoms with E-state index in [2.05, 4.69) is 63.6 Å². The number of piperidine rings is 2. The van der Waals surface area contributed by atoms with Crippen LogP contribution >= 0.6 is 57.5 Å². The van der Waals surface area contributed by atoms with Crippen molar-refractivity contribution in [1.82, 2.24) is 9.80 Å². The summed E-state index contributed by atoms with van der Waals surface area (Å²) in [4.78, 5) is 96.0. The van der Waals surface area contributed by atoms with Gasteiger partial charge in [-0.15, -0.1) is 22.7 Å². The highest BCUT2D eigenvalue weighted by molar-refractivity contribution is 7.18. The lowest BCUT2D eigenvalue weighted by molar-refractivity contribution is -0.125. The van der Waals surface area contributed by atoms with Gasteiger partial charge in [0.1, 0.15) is 9.75 Å². The van der Waals surface area contributed by atoms with Gasteiger partial charge < -0.3 is 53.1 Å². The number of ether oxygens (including phenoxy) is 6. The van der Waals surface area contributed by atoms with Crippen molar-refractivity contribution in [2.45, 2.75) is 143 Å². The molecule has 0 spiro atoms. The van der Waals surface area contributed by atoms with Crippen LogP contribution in [0.2, 0.25) is 0 Å². The van der Waals surface area contributed by atoms with Gasteiger partial charge in [-0.05, 0) is 180 Å². The first-order valence-corrected chi connectivity index (χ1v) is 32.1. The zero-order valence-electron chi connectivity index (χ0n) is 50.0. The number of aromatic carboxylic acids is 1. The van der Waals surface area contributed by atoms with E-state index >= 15 is 0 Å². The quantitative estimate of drug-likeness (QED) is 0.0364. The number of carboxylic acid groups (broad SMARTS) is 1. The van der Waals surface area contributed by atoms with E-state index < -0.39 is 36.5 Å². The number of likely N-dealkylation sites (tertiary alicyclic amines) is 2. The number of carboxylic acids is 1. The number of carbonyl (C=O) groups is 7. The van der Waals surface area contributed by atoms with Gasteiger partial charge in [-0.2, -0.15) is 0 Å². The largest absolute Gasteiger partial charge is 0.511 e. The van der Waals surface area contributed by atoms with E-state index in [0.29, 0.717) is 28.1 Å². The van der Waals surface area contributed by atoms with E-state index in [0.717, 1.165) is 124 Å². The molecule has 85 heavy (non-hydrogen) atoms. The van der Waals surface area contributed by atoms with Gasteiger partial charge in [0, 0.05) is 45.3 Å². The molecule has 4 heterocycles. The summed E-state index contributed by atoms with van der Waals surface area (Å²) < 4.78 is 28.0. The van der Waals surface area contributed by atoms with Gasteiger partial charge >= 0.3 is 29.7 Å². The number of carbonyl (C=O) groups excluding carboxylic acids is 6. The number of esters is 1. The fraction of sp³-hybridized carbons (Fsp3) is 0.565. The number of halogens is 3. The molecule has 4 aliphatic rings. The van der Waals surface area contributed by atoms with Crippen LogP contribution in [0.15, 0.2) is 72.8 Å². The number of hydrogen-bond acceptors (Lipinski definition) is 17. The highest BCUT2D eigenvalue weighted by Crippen LogP contribution is 2.43. The molecular weight excluding hydrogens is 1200 g/mol. The summed E-state index contributed by atoms with van der Waals surface area (Å²) in [6.07, 6.45) is 9.06. The van der Waals surface area contributed by atoms with Crippen molar-refractivity contribution in [1.29, 1.82) is 0 Å². The first-order chi connectivity index (χ1) is 40.6. The minimum atomic E-state index is -0.954. The number of anilines is 2. The fourth-order valence-corrected chi connectivity index (χ4v) is 12.9. The molecule has 8 rings (SSSR count). The summed E-state index contributed by atoms with van der Waals surface area (Å²) in [5.74, 6) is -0.119. The van der Waals surface area contributed by atoms with Crippen LogP contribution in [0, 0.1) is 23.7 Å². The maximum atomic E-state index is 14.2. The van der Waals surface area contributed by atoms with Crippen LogP contribution in [0.4, 0.5) is 25.8 Å². The van der Waals surface area contributed by atoms with Crippen LogP contribution in [-0.2, 0) is 38.0 Å². The van der Waals surface area contributed by atoms with Crippen molar-refractivity contribution >= 4 is 110 Å². The Labute approximate surface area is 523 Å². The molecule has 4 aromatic rings. The van der Waals surface area contributed by atoms with Gasteiger partial charge in [0.15, 0.2) is 12.1 Å². The molecule has 2 aliphatic heterocycles. The van der Waals surface area contributed by atoms with Crippen molar-refractivity contribution in [3.05, 3.63) is 82.6 Å². The Balaban J connectivity index is 0.000000254. The van der Waals surface area contributed by atoms with Crippen LogP contribution in [0.5, 0.6) is 0 Å². The minimum Gasteiger partial charge on any atom is -0.477 e. The lowest BCUT2D eigenvalue weighted by Gasteiger charge is -2.40. The fourth-order valence-electron chi connectivity index (χ4n) is 10.6. The lowest BCUT2D eigenvalue weighted by atomic mass is 9.82. The zero-order chi connectivity index (χ0) is 62.2. The molecule has 2 amide bonds. The molecule has 0 bridgehead atoms. The molecule has 2 aromatic carbocycles. The number of thiophene rings is 2. The highest BCUT2D eigenvalue weighted by Gasteiger charge is 2.39. The molecule has 0 radical (unpaired) electrons. The van der Waals surface area contributed by atoms with Crippen LogP contribution in [-0.4, -0.2) is 140 Å². The van der Waals surface area contributed by atoms with E-state index in [1.165, 1.54) is 22.7 Å². The van der Waals surface area contributed by atoms with Gasteiger partial charge in [-0.25, -0.2) is 24.0 Å². The van der Waals surface area contributed by atoms with Crippen molar-refractivity contribution in [3.8, 4) is 20.9 Å². The maximum absolute atomic E-state index is 14.2. The molecule has 2 saturated heterocycles. The Morgan fingerprint density at radius 1 is 0.553 bits per heavy atom. The predicted molar refractivity (Wildman–Crippen MR) is 334 cm³/mol. The summed E-state index contributed by atoms with van der Waals surface area (Å²) in [5.41, 5.74) is 2.26. The third-order valence-electron chi connectivity index (χ3n) is 15.1. The number of benzene rings is 2. The third kappa shape index (κ3) is 22.6. The number of rotatable bonds is 16. The Morgan fingerprint density at radius 3 is 1.28 bits per heavy atom. The summed E-state index contributed by atoms with van der Waals surface area (Å²) in [6.45, 7) is 14.4. The average molecular weight is 1280 g/mol. The molecule has 23 heteroatoms. The monoisotopic (exact) mass is 1280 g/mol. The number of hydrogen-bond donors (Lipinski definition) is 1. The lowest BCUT2D eigenvalue weighted by Crippen LogP contribution is -2.49. The molecular formula is C62H83Cl3N4O14S2. The Morgan fingerprint density at radius 2 is 0.929 bits per heavy atom. The normalized spacial score (nSPS) is 19.3. The van der Waals surface area contributed by atoms with E-state index in [4.69, 9.17) is 37.4 Å². The Bertz CT molecular complexity index is 2740. The van der Waals surface area contributed by atoms with Crippen molar-refractivity contribution < 1.29 is 67.1 Å².